The Morgan fingerprint density at radius 3 is 2.50 bits per heavy atom. The lowest BCUT2D eigenvalue weighted by molar-refractivity contribution is -0.140. The Hall–Kier alpha value is -4.35. The summed E-state index contributed by atoms with van der Waals surface area (Å²) in [4.78, 5) is 21.9. The van der Waals surface area contributed by atoms with Gasteiger partial charge in [0.1, 0.15) is 17.7 Å². The van der Waals surface area contributed by atoms with E-state index >= 15 is 0 Å². The number of benzene rings is 1. The van der Waals surface area contributed by atoms with Crippen LogP contribution < -0.4 is 4.74 Å². The lowest BCUT2D eigenvalue weighted by Gasteiger charge is -2.11. The second kappa shape index (κ2) is 9.19. The predicted molar refractivity (Wildman–Crippen MR) is 132 cm³/mol. The number of hydrogen-bond donors (Lipinski definition) is 0. The average molecular weight is 521 g/mol. The summed E-state index contributed by atoms with van der Waals surface area (Å²) < 4.78 is 48.3. The highest BCUT2D eigenvalue weighted by atomic mass is 19.4. The van der Waals surface area contributed by atoms with Gasteiger partial charge in [-0.2, -0.15) is 18.3 Å². The quantitative estimate of drug-likeness (QED) is 0.294. The van der Waals surface area contributed by atoms with Crippen LogP contribution in [0.25, 0.3) is 33.8 Å². The predicted octanol–water partition coefficient (Wildman–Crippen LogP) is 5.12. The highest BCUT2D eigenvalue weighted by molar-refractivity contribution is 5.77. The van der Waals surface area contributed by atoms with Crippen LogP contribution in [0.5, 0.6) is 5.88 Å². The molecule has 0 atom stereocenters. The average Bonchev–Trinajstić information content (AvgIpc) is 3.55. The smallest absolute Gasteiger partial charge is 0.434 e. The van der Waals surface area contributed by atoms with Crippen LogP contribution in [-0.4, -0.2) is 46.4 Å². The molecule has 38 heavy (non-hydrogen) atoms. The van der Waals surface area contributed by atoms with Crippen molar-refractivity contribution in [3.05, 3.63) is 66.1 Å². The molecule has 0 spiro atoms. The van der Waals surface area contributed by atoms with E-state index in [0.717, 1.165) is 35.7 Å². The van der Waals surface area contributed by atoms with Crippen molar-refractivity contribution in [2.24, 2.45) is 0 Å². The van der Waals surface area contributed by atoms with Gasteiger partial charge in [0.25, 0.3) is 0 Å². The van der Waals surface area contributed by atoms with Crippen LogP contribution in [0.4, 0.5) is 13.2 Å². The van der Waals surface area contributed by atoms with Crippen molar-refractivity contribution in [1.82, 2.24) is 39.3 Å². The molecule has 1 saturated carbocycles. The van der Waals surface area contributed by atoms with E-state index in [1.165, 1.54) is 10.9 Å². The van der Waals surface area contributed by atoms with Crippen molar-refractivity contribution in [3.63, 3.8) is 0 Å². The molecule has 0 amide bonds. The van der Waals surface area contributed by atoms with E-state index < -0.39 is 11.9 Å². The van der Waals surface area contributed by atoms with E-state index in [1.54, 1.807) is 43.2 Å². The highest BCUT2D eigenvalue weighted by Crippen LogP contribution is 2.44. The monoisotopic (exact) mass is 520 g/mol. The lowest BCUT2D eigenvalue weighted by Crippen LogP contribution is -2.05. The number of halogens is 3. The molecule has 194 valence electrons. The topological polar surface area (TPSA) is 96.4 Å². The Balaban J connectivity index is 1.31. The summed E-state index contributed by atoms with van der Waals surface area (Å²) in [6.45, 7) is 2.57. The van der Waals surface area contributed by atoms with Crippen LogP contribution in [0.3, 0.4) is 0 Å². The summed E-state index contributed by atoms with van der Waals surface area (Å²) in [7, 11) is 1.56. The molecule has 4 heterocycles. The highest BCUT2D eigenvalue weighted by Gasteiger charge is 2.35. The van der Waals surface area contributed by atoms with Gasteiger partial charge in [-0.05, 0) is 25.3 Å². The van der Waals surface area contributed by atoms with E-state index in [-0.39, 0.29) is 5.82 Å². The molecule has 0 aliphatic heterocycles. The first-order valence-corrected chi connectivity index (χ1v) is 12.2. The molecule has 0 radical (unpaired) electrons. The molecular weight excluding hydrogens is 497 g/mol. The molecule has 1 aromatic carbocycles. The van der Waals surface area contributed by atoms with Gasteiger partial charge < -0.3 is 9.30 Å². The zero-order valence-corrected chi connectivity index (χ0v) is 20.6. The van der Waals surface area contributed by atoms with Gasteiger partial charge in [-0.3, -0.25) is 0 Å². The van der Waals surface area contributed by atoms with Gasteiger partial charge in [0.2, 0.25) is 5.88 Å². The van der Waals surface area contributed by atoms with Gasteiger partial charge in [0.05, 0.1) is 30.9 Å². The number of hydrogen-bond acceptors (Lipinski definition) is 7. The fourth-order valence-corrected chi connectivity index (χ4v) is 4.47. The van der Waals surface area contributed by atoms with Gasteiger partial charge in [0.15, 0.2) is 17.2 Å². The second-order valence-corrected chi connectivity index (χ2v) is 9.12. The summed E-state index contributed by atoms with van der Waals surface area (Å²) in [5.41, 5.74) is 2.83. The normalized spacial score (nSPS) is 13.8. The van der Waals surface area contributed by atoms with Crippen molar-refractivity contribution in [2.75, 3.05) is 7.11 Å². The number of alkyl halides is 3. The first kappa shape index (κ1) is 24.0. The minimum absolute atomic E-state index is 0.277. The molecule has 6 rings (SSSR count). The van der Waals surface area contributed by atoms with Crippen molar-refractivity contribution >= 4 is 11.0 Å². The Morgan fingerprint density at radius 2 is 1.82 bits per heavy atom. The van der Waals surface area contributed by atoms with Gasteiger partial charge in [-0.1, -0.05) is 24.3 Å². The summed E-state index contributed by atoms with van der Waals surface area (Å²) >= 11 is 0. The maximum absolute atomic E-state index is 13.2. The third-order valence-electron chi connectivity index (χ3n) is 6.55. The van der Waals surface area contributed by atoms with Crippen molar-refractivity contribution in [1.29, 1.82) is 0 Å². The molecule has 12 heteroatoms. The largest absolute Gasteiger partial charge is 0.480 e. The second-order valence-electron chi connectivity index (χ2n) is 9.12. The first-order valence-electron chi connectivity index (χ1n) is 12.2. The molecule has 1 fully saturated rings. The molecule has 9 nitrogen and oxygen atoms in total. The summed E-state index contributed by atoms with van der Waals surface area (Å²) in [6, 6.07) is 7.24. The van der Waals surface area contributed by atoms with E-state index in [9.17, 15) is 13.2 Å². The number of imidazole rings is 1. The number of aryl methyl sites for hydroxylation is 1. The lowest BCUT2D eigenvalue weighted by atomic mass is 10.1. The summed E-state index contributed by atoms with van der Waals surface area (Å²) in [6.07, 6.45) is 3.57. The minimum atomic E-state index is -4.49. The van der Waals surface area contributed by atoms with Gasteiger partial charge in [0, 0.05) is 30.4 Å². The number of methoxy groups -OCH3 is 1. The van der Waals surface area contributed by atoms with Crippen LogP contribution in [0.2, 0.25) is 0 Å². The van der Waals surface area contributed by atoms with Crippen LogP contribution in [-0.2, 0) is 19.3 Å². The maximum atomic E-state index is 13.2. The van der Waals surface area contributed by atoms with E-state index in [1.807, 2.05) is 12.1 Å². The number of fused-ring (bicyclic) bond motifs is 1. The Labute approximate surface area is 215 Å². The van der Waals surface area contributed by atoms with Crippen LogP contribution in [0, 0.1) is 0 Å². The Morgan fingerprint density at radius 1 is 1.03 bits per heavy atom. The third-order valence-corrected chi connectivity index (χ3v) is 6.55. The molecule has 0 saturated heterocycles. The first-order chi connectivity index (χ1) is 18.4. The van der Waals surface area contributed by atoms with Gasteiger partial charge in [-0.15, -0.1) is 0 Å². The summed E-state index contributed by atoms with van der Waals surface area (Å²) in [5, 5.41) is 5.26. The number of ether oxygens (including phenoxy) is 1. The zero-order chi connectivity index (χ0) is 26.4. The molecular formula is C26H23F3N8O. The Kier molecular flexibility index (Phi) is 5.81. The SMILES string of the molecule is CCn1cc(C(F)(F)F)nc1-c1ccc(Cn2ncc3cnc(-c4c(OC)ncnc4C4CC4)nc32)cc1. The minimum Gasteiger partial charge on any atom is -0.480 e. The number of nitrogens with zero attached hydrogens (tertiary/aromatic N) is 8. The molecule has 1 aliphatic carbocycles. The van der Waals surface area contributed by atoms with Crippen molar-refractivity contribution in [3.8, 4) is 28.7 Å². The fourth-order valence-electron chi connectivity index (χ4n) is 4.47. The summed E-state index contributed by atoms with van der Waals surface area (Å²) in [5.74, 6) is 1.53. The van der Waals surface area contributed by atoms with Crippen molar-refractivity contribution < 1.29 is 17.9 Å². The molecule has 0 bridgehead atoms. The number of rotatable bonds is 7. The van der Waals surface area contributed by atoms with Gasteiger partial charge >= 0.3 is 6.18 Å². The van der Waals surface area contributed by atoms with E-state index in [4.69, 9.17) is 9.72 Å². The van der Waals surface area contributed by atoms with Crippen LogP contribution >= 0.6 is 0 Å². The maximum Gasteiger partial charge on any atom is 0.434 e. The van der Waals surface area contributed by atoms with Crippen LogP contribution in [0.1, 0.15) is 42.6 Å². The van der Waals surface area contributed by atoms with E-state index in [0.29, 0.717) is 47.5 Å². The molecule has 5 aromatic rings. The van der Waals surface area contributed by atoms with Gasteiger partial charge in [-0.25, -0.2) is 29.6 Å². The van der Waals surface area contributed by atoms with E-state index in [2.05, 4.69) is 25.0 Å². The molecule has 1 aliphatic rings. The standard InChI is InChI=1S/C26H23F3N8O/c1-3-36-13-19(26(27,28)29)34-23(36)17-6-4-15(5-7-17)12-37-24-18(11-33-37)10-30-22(35-24)20-21(16-8-9-16)31-14-32-25(20)38-2/h4-7,10-11,13-14,16H,3,8-9,12H2,1-2H3. The molecule has 0 N–H and O–H groups in total. The third kappa shape index (κ3) is 4.35. The van der Waals surface area contributed by atoms with Crippen LogP contribution in [0.15, 0.2) is 49.2 Å². The fraction of sp³-hybridized carbons (Fsp3) is 0.308. The number of aromatic nitrogens is 8. The zero-order valence-electron chi connectivity index (χ0n) is 20.6. The van der Waals surface area contributed by atoms with Crippen molar-refractivity contribution in [2.45, 2.75) is 44.9 Å². The Bertz CT molecular complexity index is 1620. The molecule has 4 aromatic heterocycles. The molecule has 0 unspecified atom stereocenters.